The smallest absolute Gasteiger partial charge is 0.0784 e. The van der Waals surface area contributed by atoms with Gasteiger partial charge in [-0.3, -0.25) is 0 Å². The van der Waals surface area contributed by atoms with E-state index in [2.05, 4.69) is 27.8 Å². The summed E-state index contributed by atoms with van der Waals surface area (Å²) in [7, 11) is 2.61. The molecule has 0 amide bonds. The van der Waals surface area contributed by atoms with Crippen LogP contribution in [0.2, 0.25) is 0 Å². The third-order valence-corrected chi connectivity index (χ3v) is 9.15. The molecule has 0 radical (unpaired) electrons. The van der Waals surface area contributed by atoms with Gasteiger partial charge in [0.2, 0.25) is 0 Å². The molecule has 0 fully saturated rings. The van der Waals surface area contributed by atoms with Crippen LogP contribution in [0, 0.1) is 0 Å². The first-order valence-corrected chi connectivity index (χ1v) is 18.5. The van der Waals surface area contributed by atoms with Crippen molar-refractivity contribution < 1.29 is 9.96 Å². The molecule has 2 nitrogen and oxygen atoms in total. The number of rotatable bonds is 33. The maximum absolute atomic E-state index is 2.61. The van der Waals surface area contributed by atoms with Crippen molar-refractivity contribution in [3.8, 4) is 0 Å². The Morgan fingerprint density at radius 1 is 0.256 bits per heavy atom. The van der Waals surface area contributed by atoms with Crippen molar-refractivity contribution in [1.29, 1.82) is 0 Å². The Morgan fingerprint density at radius 2 is 0.410 bits per heavy atom. The van der Waals surface area contributed by atoms with E-state index >= 15 is 0 Å². The standard InChI is InChI=1S/C37H78N.H2O/c1-5-8-11-14-17-20-23-26-29-32-35-38(4,36-33-30-27-24-21-18-15-12-9-6-2)37-34-31-28-25-22-19-16-13-10-7-3;/h5-37H2,1-4H3;1H2/q+1;/p-1. The predicted octanol–water partition coefficient (Wildman–Crippen LogP) is 13.0. The number of unbranched alkanes of at least 4 members (excludes halogenated alkanes) is 27. The Labute approximate surface area is 249 Å². The van der Waals surface area contributed by atoms with E-state index in [0.717, 1.165) is 0 Å². The molecule has 0 aromatic heterocycles. The van der Waals surface area contributed by atoms with Crippen molar-refractivity contribution in [1.82, 2.24) is 0 Å². The molecule has 0 aromatic carbocycles. The number of quaternary nitrogens is 1. The topological polar surface area (TPSA) is 30.0 Å². The Balaban J connectivity index is 0. The van der Waals surface area contributed by atoms with Gasteiger partial charge < -0.3 is 9.96 Å². The third kappa shape index (κ3) is 32.3. The van der Waals surface area contributed by atoms with Crippen LogP contribution < -0.4 is 0 Å². The van der Waals surface area contributed by atoms with E-state index in [1.54, 1.807) is 0 Å². The van der Waals surface area contributed by atoms with Crippen molar-refractivity contribution in [2.24, 2.45) is 0 Å². The molecule has 0 saturated carbocycles. The third-order valence-electron chi connectivity index (χ3n) is 9.15. The quantitative estimate of drug-likeness (QED) is 0.0587. The summed E-state index contributed by atoms with van der Waals surface area (Å²) >= 11 is 0. The van der Waals surface area contributed by atoms with Crippen LogP contribution in [-0.2, 0) is 0 Å². The van der Waals surface area contributed by atoms with Crippen LogP contribution in [0.25, 0.3) is 0 Å². The van der Waals surface area contributed by atoms with E-state index in [1.165, 1.54) is 217 Å². The molecule has 0 aliphatic heterocycles. The van der Waals surface area contributed by atoms with Gasteiger partial charge in [0.1, 0.15) is 0 Å². The summed E-state index contributed by atoms with van der Waals surface area (Å²) in [4.78, 5) is 0. The first-order valence-electron chi connectivity index (χ1n) is 18.5. The monoisotopic (exact) mass is 554 g/mol. The van der Waals surface area contributed by atoms with E-state index in [1.807, 2.05) is 0 Å². The second kappa shape index (κ2) is 34.1. The van der Waals surface area contributed by atoms with Gasteiger partial charge in [-0.15, -0.1) is 0 Å². The number of hydrogen-bond acceptors (Lipinski definition) is 1. The van der Waals surface area contributed by atoms with E-state index < -0.39 is 0 Å². The molecule has 0 heterocycles. The van der Waals surface area contributed by atoms with E-state index in [0.29, 0.717) is 0 Å². The predicted molar refractivity (Wildman–Crippen MR) is 178 cm³/mol. The van der Waals surface area contributed by atoms with Crippen LogP contribution in [0.3, 0.4) is 0 Å². The van der Waals surface area contributed by atoms with E-state index in [9.17, 15) is 0 Å². The van der Waals surface area contributed by atoms with Gasteiger partial charge in [-0.05, 0) is 38.5 Å². The molecule has 1 N–H and O–H groups in total. The molecule has 0 spiro atoms. The molecule has 0 unspecified atom stereocenters. The zero-order valence-electron chi connectivity index (χ0n) is 28.2. The van der Waals surface area contributed by atoms with Crippen molar-refractivity contribution >= 4 is 0 Å². The molecular formula is C37H79NO. The minimum atomic E-state index is 0. The van der Waals surface area contributed by atoms with Crippen LogP contribution in [0.4, 0.5) is 0 Å². The Morgan fingerprint density at radius 3 is 0.590 bits per heavy atom. The molecule has 0 rings (SSSR count). The minimum Gasteiger partial charge on any atom is -0.870 e. The molecule has 39 heavy (non-hydrogen) atoms. The van der Waals surface area contributed by atoms with Crippen molar-refractivity contribution in [3.63, 3.8) is 0 Å². The molecule has 238 valence electrons. The normalized spacial score (nSPS) is 11.7. The molecule has 0 saturated heterocycles. The van der Waals surface area contributed by atoms with Gasteiger partial charge in [0.25, 0.3) is 0 Å². The zero-order valence-corrected chi connectivity index (χ0v) is 28.2. The summed E-state index contributed by atoms with van der Waals surface area (Å²) < 4.78 is 1.37. The second-order valence-corrected chi connectivity index (χ2v) is 13.3. The van der Waals surface area contributed by atoms with Gasteiger partial charge in [0.15, 0.2) is 0 Å². The average Bonchev–Trinajstić information content (AvgIpc) is 2.92. The first-order chi connectivity index (χ1) is 18.7. The minimum absolute atomic E-state index is 0. The molecular weight excluding hydrogens is 474 g/mol. The largest absolute Gasteiger partial charge is 0.870 e. The maximum Gasteiger partial charge on any atom is 0.0784 e. The highest BCUT2D eigenvalue weighted by atomic mass is 16.0. The van der Waals surface area contributed by atoms with Gasteiger partial charge >= 0.3 is 0 Å². The van der Waals surface area contributed by atoms with E-state index in [-0.39, 0.29) is 5.48 Å². The molecule has 0 aliphatic rings. The van der Waals surface area contributed by atoms with Crippen LogP contribution in [-0.4, -0.2) is 36.6 Å². The van der Waals surface area contributed by atoms with Gasteiger partial charge in [-0.1, -0.05) is 175 Å². The average molecular weight is 554 g/mol. The van der Waals surface area contributed by atoms with E-state index in [4.69, 9.17) is 0 Å². The van der Waals surface area contributed by atoms with Crippen molar-refractivity contribution in [3.05, 3.63) is 0 Å². The fraction of sp³-hybridized carbons (Fsp3) is 1.00. The summed E-state index contributed by atoms with van der Waals surface area (Å²) in [6, 6.07) is 0. The van der Waals surface area contributed by atoms with Gasteiger partial charge in [-0.25, -0.2) is 0 Å². The van der Waals surface area contributed by atoms with Crippen LogP contribution in [0.15, 0.2) is 0 Å². The summed E-state index contributed by atoms with van der Waals surface area (Å²) in [6.07, 6.45) is 43.8. The molecule has 0 atom stereocenters. The lowest BCUT2D eigenvalue weighted by Gasteiger charge is -2.35. The zero-order chi connectivity index (χ0) is 27.8. The van der Waals surface area contributed by atoms with Gasteiger partial charge in [0, 0.05) is 0 Å². The lowest BCUT2D eigenvalue weighted by molar-refractivity contribution is -0.910. The summed E-state index contributed by atoms with van der Waals surface area (Å²) in [6.45, 7) is 11.3. The number of nitrogens with zero attached hydrogens (tertiary/aromatic N) is 1. The highest BCUT2D eigenvalue weighted by Gasteiger charge is 2.20. The Bertz CT molecular complexity index is 364. The maximum atomic E-state index is 2.61. The lowest BCUT2D eigenvalue weighted by Crippen LogP contribution is -2.46. The fourth-order valence-electron chi connectivity index (χ4n) is 6.28. The molecule has 0 aromatic rings. The molecule has 2 heteroatoms. The molecule has 0 bridgehead atoms. The summed E-state index contributed by atoms with van der Waals surface area (Å²) in [5.41, 5.74) is 0. The first kappa shape index (κ1) is 41.1. The van der Waals surface area contributed by atoms with Crippen LogP contribution >= 0.6 is 0 Å². The van der Waals surface area contributed by atoms with Crippen LogP contribution in [0.1, 0.15) is 213 Å². The Hall–Kier alpha value is -0.0800. The second-order valence-electron chi connectivity index (χ2n) is 13.3. The van der Waals surface area contributed by atoms with Crippen molar-refractivity contribution in [2.75, 3.05) is 26.7 Å². The van der Waals surface area contributed by atoms with Crippen molar-refractivity contribution in [2.45, 2.75) is 213 Å². The highest BCUT2D eigenvalue weighted by Crippen LogP contribution is 2.18. The summed E-state index contributed by atoms with van der Waals surface area (Å²) in [5.74, 6) is 0. The van der Waals surface area contributed by atoms with Gasteiger partial charge in [-0.2, -0.15) is 0 Å². The fourth-order valence-corrected chi connectivity index (χ4v) is 6.28. The number of hydrogen-bond donors (Lipinski definition) is 0. The lowest BCUT2D eigenvalue weighted by atomic mass is 10.0. The SMILES string of the molecule is CCCCCCCCCCCC[N+](C)(CCCCCCCCCCCC)CCCCCCCCCCCC.[OH-]. The Kier molecular flexibility index (Phi) is 35.9. The van der Waals surface area contributed by atoms with Gasteiger partial charge in [0.05, 0.1) is 26.7 Å². The van der Waals surface area contributed by atoms with Crippen LogP contribution in [0.5, 0.6) is 0 Å². The highest BCUT2D eigenvalue weighted by molar-refractivity contribution is 4.53. The summed E-state index contributed by atoms with van der Waals surface area (Å²) in [5, 5.41) is 0. The molecule has 0 aliphatic carbocycles.